The first-order chi connectivity index (χ1) is 11.2. The Hall–Kier alpha value is -3.14. The minimum Gasteiger partial charge on any atom is -0.457 e. The van der Waals surface area contributed by atoms with E-state index in [2.05, 4.69) is 0 Å². The van der Waals surface area contributed by atoms with Gasteiger partial charge in [0, 0.05) is 0 Å². The Kier molecular flexibility index (Phi) is 4.34. The average Bonchev–Trinajstić information content (AvgIpc) is 2.58. The van der Waals surface area contributed by atoms with Crippen molar-refractivity contribution in [2.75, 3.05) is 0 Å². The highest BCUT2D eigenvalue weighted by molar-refractivity contribution is 5.91. The van der Waals surface area contributed by atoms with E-state index in [4.69, 9.17) is 9.47 Å². The predicted molar refractivity (Wildman–Crippen MR) is 84.3 cm³/mol. The molecule has 114 valence electrons. The van der Waals surface area contributed by atoms with Crippen LogP contribution in [0.15, 0.2) is 78.9 Å². The van der Waals surface area contributed by atoms with Crippen LogP contribution in [0.1, 0.15) is 10.4 Å². The van der Waals surface area contributed by atoms with E-state index >= 15 is 0 Å². The second kappa shape index (κ2) is 6.75. The second-order valence-electron chi connectivity index (χ2n) is 4.76. The zero-order chi connectivity index (χ0) is 16.1. The molecule has 23 heavy (non-hydrogen) atoms. The number of benzene rings is 3. The maximum atomic E-state index is 13.5. The van der Waals surface area contributed by atoms with Crippen molar-refractivity contribution in [2.45, 2.75) is 0 Å². The van der Waals surface area contributed by atoms with Crippen molar-refractivity contribution in [3.8, 4) is 17.2 Å². The van der Waals surface area contributed by atoms with E-state index in [0.717, 1.165) is 0 Å². The zero-order valence-electron chi connectivity index (χ0n) is 12.1. The number of esters is 1. The van der Waals surface area contributed by atoms with Gasteiger partial charge in [-0.05, 0) is 42.5 Å². The summed E-state index contributed by atoms with van der Waals surface area (Å²) in [5.41, 5.74) is 0.279. The molecule has 0 atom stereocenters. The fraction of sp³-hybridized carbons (Fsp3) is 0. The molecule has 0 saturated carbocycles. The van der Waals surface area contributed by atoms with Gasteiger partial charge in [0.1, 0.15) is 11.5 Å². The number of ether oxygens (including phenoxy) is 2. The van der Waals surface area contributed by atoms with E-state index in [0.29, 0.717) is 11.5 Å². The van der Waals surface area contributed by atoms with Crippen molar-refractivity contribution < 1.29 is 18.7 Å². The predicted octanol–water partition coefficient (Wildman–Crippen LogP) is 4.84. The molecule has 0 fully saturated rings. The standard InChI is InChI=1S/C19H13FO3/c20-17-11-4-5-12-18(17)23-19(21)14-7-6-10-16(13-14)22-15-8-2-1-3-9-15/h1-13H. The van der Waals surface area contributed by atoms with Crippen LogP contribution in [0.3, 0.4) is 0 Å². The average molecular weight is 308 g/mol. The summed E-state index contributed by atoms with van der Waals surface area (Å²) in [6, 6.07) is 21.5. The molecule has 3 rings (SSSR count). The summed E-state index contributed by atoms with van der Waals surface area (Å²) in [4.78, 5) is 12.1. The molecule has 0 bridgehead atoms. The van der Waals surface area contributed by atoms with E-state index in [1.54, 1.807) is 30.3 Å². The molecule has 0 heterocycles. The molecular weight excluding hydrogens is 295 g/mol. The quantitative estimate of drug-likeness (QED) is 0.511. The van der Waals surface area contributed by atoms with Gasteiger partial charge in [-0.15, -0.1) is 0 Å². The van der Waals surface area contributed by atoms with Crippen molar-refractivity contribution in [2.24, 2.45) is 0 Å². The molecule has 0 amide bonds. The van der Waals surface area contributed by atoms with Crippen molar-refractivity contribution in [1.82, 2.24) is 0 Å². The lowest BCUT2D eigenvalue weighted by molar-refractivity contribution is 0.0727. The van der Waals surface area contributed by atoms with Gasteiger partial charge in [-0.1, -0.05) is 36.4 Å². The van der Waals surface area contributed by atoms with E-state index in [9.17, 15) is 9.18 Å². The lowest BCUT2D eigenvalue weighted by Gasteiger charge is -2.08. The first kappa shape index (κ1) is 14.8. The normalized spacial score (nSPS) is 10.1. The Morgan fingerprint density at radius 1 is 0.783 bits per heavy atom. The molecule has 0 spiro atoms. The van der Waals surface area contributed by atoms with Gasteiger partial charge in [0.05, 0.1) is 5.56 Å². The van der Waals surface area contributed by atoms with Crippen LogP contribution in [0.2, 0.25) is 0 Å². The highest BCUT2D eigenvalue weighted by atomic mass is 19.1. The Bertz CT molecular complexity index is 816. The topological polar surface area (TPSA) is 35.5 Å². The maximum absolute atomic E-state index is 13.5. The number of hydrogen-bond acceptors (Lipinski definition) is 3. The zero-order valence-corrected chi connectivity index (χ0v) is 12.1. The molecule has 0 saturated heterocycles. The van der Waals surface area contributed by atoms with Crippen LogP contribution in [0.5, 0.6) is 17.2 Å². The number of carbonyl (C=O) groups is 1. The van der Waals surface area contributed by atoms with Gasteiger partial charge in [-0.3, -0.25) is 0 Å². The molecule has 3 aromatic carbocycles. The molecule has 0 aliphatic carbocycles. The Balaban J connectivity index is 1.77. The van der Waals surface area contributed by atoms with Crippen molar-refractivity contribution >= 4 is 5.97 Å². The minimum absolute atomic E-state index is 0.105. The van der Waals surface area contributed by atoms with Crippen molar-refractivity contribution in [3.05, 3.63) is 90.2 Å². The fourth-order valence-corrected chi connectivity index (χ4v) is 2.00. The SMILES string of the molecule is O=C(Oc1ccccc1F)c1cccc(Oc2ccccc2)c1. The first-order valence-electron chi connectivity index (χ1n) is 7.02. The van der Waals surface area contributed by atoms with E-state index in [-0.39, 0.29) is 11.3 Å². The van der Waals surface area contributed by atoms with Crippen LogP contribution in [-0.2, 0) is 0 Å². The van der Waals surface area contributed by atoms with Gasteiger partial charge in [0.25, 0.3) is 0 Å². The van der Waals surface area contributed by atoms with E-state index < -0.39 is 11.8 Å². The summed E-state index contributed by atoms with van der Waals surface area (Å²) in [5, 5.41) is 0. The van der Waals surface area contributed by atoms with Gasteiger partial charge in [0.15, 0.2) is 11.6 Å². The third kappa shape index (κ3) is 3.74. The number of halogens is 1. The van der Waals surface area contributed by atoms with E-state index in [1.165, 1.54) is 18.2 Å². The van der Waals surface area contributed by atoms with Gasteiger partial charge >= 0.3 is 5.97 Å². The van der Waals surface area contributed by atoms with Crippen LogP contribution in [0.4, 0.5) is 4.39 Å². The van der Waals surface area contributed by atoms with Crippen molar-refractivity contribution in [1.29, 1.82) is 0 Å². The van der Waals surface area contributed by atoms with Gasteiger partial charge in [0.2, 0.25) is 0 Å². The van der Waals surface area contributed by atoms with Crippen LogP contribution >= 0.6 is 0 Å². The summed E-state index contributed by atoms with van der Waals surface area (Å²) < 4.78 is 24.3. The summed E-state index contributed by atoms with van der Waals surface area (Å²) in [7, 11) is 0. The molecule has 0 radical (unpaired) electrons. The third-order valence-corrected chi connectivity index (χ3v) is 3.09. The fourth-order valence-electron chi connectivity index (χ4n) is 2.00. The molecule has 0 aromatic heterocycles. The Morgan fingerprint density at radius 3 is 2.26 bits per heavy atom. The Morgan fingerprint density at radius 2 is 1.48 bits per heavy atom. The highest BCUT2D eigenvalue weighted by Crippen LogP contribution is 2.23. The molecule has 4 heteroatoms. The first-order valence-corrected chi connectivity index (χ1v) is 7.02. The van der Waals surface area contributed by atoms with Crippen LogP contribution < -0.4 is 9.47 Å². The third-order valence-electron chi connectivity index (χ3n) is 3.09. The van der Waals surface area contributed by atoms with Crippen LogP contribution in [-0.4, -0.2) is 5.97 Å². The largest absolute Gasteiger partial charge is 0.457 e. The monoisotopic (exact) mass is 308 g/mol. The summed E-state index contributed by atoms with van der Waals surface area (Å²) >= 11 is 0. The number of rotatable bonds is 4. The molecular formula is C19H13FO3. The lowest BCUT2D eigenvalue weighted by atomic mass is 10.2. The maximum Gasteiger partial charge on any atom is 0.343 e. The molecule has 3 nitrogen and oxygen atoms in total. The van der Waals surface area contributed by atoms with Crippen molar-refractivity contribution in [3.63, 3.8) is 0 Å². The summed E-state index contributed by atoms with van der Waals surface area (Å²) in [6.45, 7) is 0. The second-order valence-corrected chi connectivity index (χ2v) is 4.76. The molecule has 0 N–H and O–H groups in total. The van der Waals surface area contributed by atoms with Gasteiger partial charge < -0.3 is 9.47 Å². The van der Waals surface area contributed by atoms with Crippen LogP contribution in [0, 0.1) is 5.82 Å². The summed E-state index contributed by atoms with van der Waals surface area (Å²) in [5.74, 6) is -0.177. The summed E-state index contributed by atoms with van der Waals surface area (Å²) in [6.07, 6.45) is 0. The smallest absolute Gasteiger partial charge is 0.343 e. The number of para-hydroxylation sites is 2. The Labute approximate surface area is 132 Å². The van der Waals surface area contributed by atoms with Crippen LogP contribution in [0.25, 0.3) is 0 Å². The molecule has 0 aliphatic heterocycles. The lowest BCUT2D eigenvalue weighted by Crippen LogP contribution is -2.09. The number of hydrogen-bond donors (Lipinski definition) is 0. The number of carbonyl (C=O) groups excluding carboxylic acids is 1. The molecule has 0 unspecified atom stereocenters. The molecule has 3 aromatic rings. The van der Waals surface area contributed by atoms with E-state index in [1.807, 2.05) is 30.3 Å². The van der Waals surface area contributed by atoms with Gasteiger partial charge in [-0.2, -0.15) is 0 Å². The minimum atomic E-state index is -0.645. The molecule has 0 aliphatic rings. The highest BCUT2D eigenvalue weighted by Gasteiger charge is 2.12. The van der Waals surface area contributed by atoms with Gasteiger partial charge in [-0.25, -0.2) is 9.18 Å².